The van der Waals surface area contributed by atoms with Gasteiger partial charge in [0.1, 0.15) is 0 Å². The second kappa shape index (κ2) is 7.72. The molecule has 0 saturated carbocycles. The quantitative estimate of drug-likeness (QED) is 0.303. The Bertz CT molecular complexity index is 1300. The molecule has 0 atom stereocenters. The highest BCUT2D eigenvalue weighted by atomic mass is 15.4. The zero-order valence-corrected chi connectivity index (χ0v) is 18.3. The Kier molecular flexibility index (Phi) is 4.57. The molecule has 0 aliphatic carbocycles. The first-order valence-electron chi connectivity index (χ1n) is 11.4. The van der Waals surface area contributed by atoms with Crippen LogP contribution in [0.1, 0.15) is 18.1 Å². The van der Waals surface area contributed by atoms with Gasteiger partial charge < -0.3 is 9.80 Å². The molecule has 0 bridgehead atoms. The summed E-state index contributed by atoms with van der Waals surface area (Å²) in [6.07, 6.45) is 0.269. The lowest BCUT2D eigenvalue weighted by Crippen LogP contribution is -2.40. The average Bonchev–Trinajstić information content (AvgIpc) is 3.10. The lowest BCUT2D eigenvalue weighted by atomic mass is 10.0. The van der Waals surface area contributed by atoms with Gasteiger partial charge in [-0.1, -0.05) is 97.1 Å². The molecule has 1 aliphatic rings. The topological polar surface area (TPSA) is 6.48 Å². The summed E-state index contributed by atoms with van der Waals surface area (Å²) in [6, 6.07) is 39.5. The Morgan fingerprint density at radius 3 is 1.41 bits per heavy atom. The Labute approximate surface area is 189 Å². The van der Waals surface area contributed by atoms with E-state index < -0.39 is 0 Å². The SMILES string of the molecule is CC1N(Cc2cccc3ccccc23)c2ccccc2N1Cc1cccc2ccccc12. The number of fused-ring (bicyclic) bond motifs is 3. The third kappa shape index (κ3) is 3.11. The van der Waals surface area contributed by atoms with Gasteiger partial charge in [0.25, 0.3) is 0 Å². The number of para-hydroxylation sites is 2. The second-order valence-electron chi connectivity index (χ2n) is 8.65. The van der Waals surface area contributed by atoms with E-state index >= 15 is 0 Å². The van der Waals surface area contributed by atoms with Crippen LogP contribution < -0.4 is 9.80 Å². The summed E-state index contributed by atoms with van der Waals surface area (Å²) in [5.74, 6) is 0. The maximum absolute atomic E-state index is 2.54. The first-order valence-corrected chi connectivity index (χ1v) is 11.4. The van der Waals surface area contributed by atoms with Crippen LogP contribution >= 0.6 is 0 Å². The Hall–Kier alpha value is -3.78. The van der Waals surface area contributed by atoms with Crippen LogP contribution in [0.15, 0.2) is 109 Å². The summed E-state index contributed by atoms with van der Waals surface area (Å²) in [5, 5.41) is 5.29. The Morgan fingerprint density at radius 1 is 0.500 bits per heavy atom. The highest BCUT2D eigenvalue weighted by Crippen LogP contribution is 2.42. The molecule has 2 heteroatoms. The molecule has 156 valence electrons. The van der Waals surface area contributed by atoms with Gasteiger partial charge in [-0.25, -0.2) is 0 Å². The molecule has 0 N–H and O–H groups in total. The van der Waals surface area contributed by atoms with Crippen LogP contribution in [0.5, 0.6) is 0 Å². The molecule has 32 heavy (non-hydrogen) atoms. The lowest BCUT2D eigenvalue weighted by Gasteiger charge is -2.31. The standard InChI is InChI=1S/C30H26N2/c1-22-31(20-25-14-8-12-23-10-2-4-16-27(23)25)29-18-6-7-19-30(29)32(22)21-26-15-9-13-24-11-3-5-17-28(24)26/h2-19,22H,20-21H2,1H3. The predicted molar refractivity (Wildman–Crippen MR) is 136 cm³/mol. The minimum atomic E-state index is 0.269. The highest BCUT2D eigenvalue weighted by molar-refractivity contribution is 5.88. The van der Waals surface area contributed by atoms with E-state index in [2.05, 4.69) is 126 Å². The van der Waals surface area contributed by atoms with E-state index in [0.717, 1.165) is 13.1 Å². The molecular weight excluding hydrogens is 388 g/mol. The number of hydrogen-bond acceptors (Lipinski definition) is 2. The molecule has 0 spiro atoms. The van der Waals surface area contributed by atoms with Crippen LogP contribution in [-0.2, 0) is 13.1 Å². The maximum atomic E-state index is 2.54. The molecule has 0 aromatic heterocycles. The summed E-state index contributed by atoms with van der Waals surface area (Å²) in [4.78, 5) is 5.09. The van der Waals surface area contributed by atoms with Gasteiger partial charge >= 0.3 is 0 Å². The summed E-state index contributed by atoms with van der Waals surface area (Å²) in [5.41, 5.74) is 5.37. The summed E-state index contributed by atoms with van der Waals surface area (Å²) < 4.78 is 0. The summed E-state index contributed by atoms with van der Waals surface area (Å²) in [6.45, 7) is 4.12. The van der Waals surface area contributed by atoms with Crippen LogP contribution in [-0.4, -0.2) is 6.17 Å². The van der Waals surface area contributed by atoms with Crippen molar-refractivity contribution in [2.45, 2.75) is 26.2 Å². The molecule has 0 saturated heterocycles. The van der Waals surface area contributed by atoms with Gasteiger partial charge in [-0.2, -0.15) is 0 Å². The van der Waals surface area contributed by atoms with Crippen molar-refractivity contribution in [3.8, 4) is 0 Å². The largest absolute Gasteiger partial charge is 0.345 e. The van der Waals surface area contributed by atoms with Crippen molar-refractivity contribution in [1.29, 1.82) is 0 Å². The van der Waals surface area contributed by atoms with E-state index in [1.54, 1.807) is 0 Å². The number of nitrogens with zero attached hydrogens (tertiary/aromatic N) is 2. The van der Waals surface area contributed by atoms with Crippen molar-refractivity contribution in [3.05, 3.63) is 120 Å². The van der Waals surface area contributed by atoms with Crippen molar-refractivity contribution >= 4 is 32.9 Å². The minimum absolute atomic E-state index is 0.269. The molecule has 1 heterocycles. The van der Waals surface area contributed by atoms with E-state index in [4.69, 9.17) is 0 Å². The van der Waals surface area contributed by atoms with Crippen LogP contribution in [0.4, 0.5) is 11.4 Å². The molecule has 0 amide bonds. The molecule has 0 unspecified atom stereocenters. The van der Waals surface area contributed by atoms with Gasteiger partial charge in [0, 0.05) is 13.1 Å². The summed E-state index contributed by atoms with van der Waals surface area (Å²) >= 11 is 0. The van der Waals surface area contributed by atoms with Gasteiger partial charge in [-0.05, 0) is 51.7 Å². The Balaban J connectivity index is 1.39. The van der Waals surface area contributed by atoms with Crippen LogP contribution in [0, 0.1) is 0 Å². The number of anilines is 2. The first-order chi connectivity index (χ1) is 15.8. The number of benzene rings is 5. The third-order valence-corrected chi connectivity index (χ3v) is 6.84. The normalized spacial score (nSPS) is 13.8. The predicted octanol–water partition coefficient (Wildman–Crippen LogP) is 7.37. The van der Waals surface area contributed by atoms with Crippen molar-refractivity contribution in [1.82, 2.24) is 0 Å². The first kappa shape index (κ1) is 18.9. The zero-order valence-electron chi connectivity index (χ0n) is 18.3. The van der Waals surface area contributed by atoms with Crippen molar-refractivity contribution < 1.29 is 0 Å². The van der Waals surface area contributed by atoms with Gasteiger partial charge in [-0.15, -0.1) is 0 Å². The smallest absolute Gasteiger partial charge is 0.0995 e. The second-order valence-corrected chi connectivity index (χ2v) is 8.65. The van der Waals surface area contributed by atoms with Crippen LogP contribution in [0.3, 0.4) is 0 Å². The van der Waals surface area contributed by atoms with Gasteiger partial charge in [0.05, 0.1) is 17.5 Å². The van der Waals surface area contributed by atoms with E-state index in [-0.39, 0.29) is 6.17 Å². The van der Waals surface area contributed by atoms with Crippen molar-refractivity contribution in [2.75, 3.05) is 9.80 Å². The average molecular weight is 415 g/mol. The fourth-order valence-electron chi connectivity index (χ4n) is 5.18. The van der Waals surface area contributed by atoms with Crippen LogP contribution in [0.2, 0.25) is 0 Å². The fraction of sp³-hybridized carbons (Fsp3) is 0.133. The highest BCUT2D eigenvalue weighted by Gasteiger charge is 2.32. The number of hydrogen-bond donors (Lipinski definition) is 0. The van der Waals surface area contributed by atoms with Crippen molar-refractivity contribution in [3.63, 3.8) is 0 Å². The molecule has 0 radical (unpaired) electrons. The molecular formula is C30H26N2. The summed E-state index contributed by atoms with van der Waals surface area (Å²) in [7, 11) is 0. The van der Waals surface area contributed by atoms with E-state index in [1.807, 2.05) is 0 Å². The number of rotatable bonds is 4. The molecule has 5 aromatic rings. The van der Waals surface area contributed by atoms with E-state index in [0.29, 0.717) is 0 Å². The molecule has 1 aliphatic heterocycles. The fourth-order valence-corrected chi connectivity index (χ4v) is 5.18. The molecule has 5 aromatic carbocycles. The van der Waals surface area contributed by atoms with Gasteiger partial charge in [0.15, 0.2) is 0 Å². The van der Waals surface area contributed by atoms with E-state index in [9.17, 15) is 0 Å². The Morgan fingerprint density at radius 2 is 0.906 bits per heavy atom. The minimum Gasteiger partial charge on any atom is -0.345 e. The monoisotopic (exact) mass is 414 g/mol. The lowest BCUT2D eigenvalue weighted by molar-refractivity contribution is 0.619. The zero-order chi connectivity index (χ0) is 21.5. The van der Waals surface area contributed by atoms with Crippen molar-refractivity contribution in [2.24, 2.45) is 0 Å². The third-order valence-electron chi connectivity index (χ3n) is 6.84. The van der Waals surface area contributed by atoms with Gasteiger partial charge in [-0.3, -0.25) is 0 Å². The van der Waals surface area contributed by atoms with Crippen LogP contribution in [0.25, 0.3) is 21.5 Å². The molecule has 0 fully saturated rings. The molecule has 2 nitrogen and oxygen atoms in total. The maximum Gasteiger partial charge on any atom is 0.0995 e. The van der Waals surface area contributed by atoms with E-state index in [1.165, 1.54) is 44.0 Å². The molecule has 6 rings (SSSR count). The van der Waals surface area contributed by atoms with Gasteiger partial charge in [0.2, 0.25) is 0 Å².